The Morgan fingerprint density at radius 1 is 1.17 bits per heavy atom. The number of benzene rings is 1. The maximum Gasteiger partial charge on any atom is 0.329 e. The van der Waals surface area contributed by atoms with Crippen LogP contribution in [0.1, 0.15) is 31.2 Å². The molecule has 0 bridgehead atoms. The number of nitrogens with one attached hydrogen (secondary N) is 1. The van der Waals surface area contributed by atoms with Crippen LogP contribution in [0.2, 0.25) is 0 Å². The van der Waals surface area contributed by atoms with Crippen LogP contribution in [0, 0.1) is 0 Å². The Bertz CT molecular complexity index is 525. The lowest BCUT2D eigenvalue weighted by Gasteiger charge is -2.33. The van der Waals surface area contributed by atoms with Gasteiger partial charge in [0.05, 0.1) is 6.61 Å². The highest BCUT2D eigenvalue weighted by atomic mass is 16.5. The summed E-state index contributed by atoms with van der Waals surface area (Å²) in [5, 5.41) is 12.1. The fourth-order valence-corrected chi connectivity index (χ4v) is 2.71. The van der Waals surface area contributed by atoms with Gasteiger partial charge in [0.2, 0.25) is 5.91 Å². The number of hydrogen-bond donors (Lipinski definition) is 2. The average Bonchev–Trinajstić information content (AvgIpc) is 2.59. The zero-order chi connectivity index (χ0) is 17.3. The van der Waals surface area contributed by atoms with E-state index in [2.05, 4.69) is 17.4 Å². The van der Waals surface area contributed by atoms with E-state index < -0.39 is 11.5 Å². The third kappa shape index (κ3) is 5.62. The van der Waals surface area contributed by atoms with Gasteiger partial charge in [-0.05, 0) is 18.4 Å². The lowest BCUT2D eigenvalue weighted by Crippen LogP contribution is -2.57. The topological polar surface area (TPSA) is 84.9 Å². The number of rotatable bonds is 9. The highest BCUT2D eigenvalue weighted by molar-refractivity contribution is 5.87. The molecule has 132 valence electrons. The van der Waals surface area contributed by atoms with Crippen LogP contribution in [0.25, 0.3) is 0 Å². The van der Waals surface area contributed by atoms with Gasteiger partial charge in [-0.15, -0.1) is 0 Å². The summed E-state index contributed by atoms with van der Waals surface area (Å²) in [4.78, 5) is 23.5. The van der Waals surface area contributed by atoms with Crippen LogP contribution in [-0.2, 0) is 25.5 Å². The van der Waals surface area contributed by atoms with Crippen molar-refractivity contribution in [1.82, 2.24) is 5.32 Å². The molecular formula is C18H25NO5. The number of ether oxygens (including phenoxy) is 2. The van der Waals surface area contributed by atoms with Gasteiger partial charge in [-0.2, -0.15) is 0 Å². The second kappa shape index (κ2) is 9.39. The Kier molecular flexibility index (Phi) is 7.21. The van der Waals surface area contributed by atoms with Crippen molar-refractivity contribution in [3.63, 3.8) is 0 Å². The molecule has 1 amide bonds. The van der Waals surface area contributed by atoms with Gasteiger partial charge < -0.3 is 19.9 Å². The molecule has 1 aromatic carbocycles. The van der Waals surface area contributed by atoms with Gasteiger partial charge >= 0.3 is 5.97 Å². The molecule has 1 aromatic rings. The summed E-state index contributed by atoms with van der Waals surface area (Å²) >= 11 is 0. The SMILES string of the molecule is O=C(CCCOCCc1ccccc1)NC1(C(=O)O)CCOCC1. The molecule has 2 rings (SSSR count). The largest absolute Gasteiger partial charge is 0.480 e. The van der Waals surface area contributed by atoms with E-state index >= 15 is 0 Å². The maximum absolute atomic E-state index is 12.0. The van der Waals surface area contributed by atoms with Crippen LogP contribution < -0.4 is 5.32 Å². The van der Waals surface area contributed by atoms with E-state index in [0.717, 1.165) is 6.42 Å². The Labute approximate surface area is 142 Å². The number of carbonyl (C=O) groups excluding carboxylic acids is 1. The van der Waals surface area contributed by atoms with Gasteiger partial charge in [-0.3, -0.25) is 4.79 Å². The third-order valence-electron chi connectivity index (χ3n) is 4.20. The molecule has 0 unspecified atom stereocenters. The van der Waals surface area contributed by atoms with E-state index in [-0.39, 0.29) is 12.3 Å². The van der Waals surface area contributed by atoms with E-state index in [1.54, 1.807) is 0 Å². The van der Waals surface area contributed by atoms with E-state index in [4.69, 9.17) is 9.47 Å². The second-order valence-electron chi connectivity index (χ2n) is 6.00. The molecule has 1 heterocycles. The minimum atomic E-state index is -1.18. The van der Waals surface area contributed by atoms with Crippen molar-refractivity contribution in [2.45, 2.75) is 37.6 Å². The van der Waals surface area contributed by atoms with E-state index in [0.29, 0.717) is 45.7 Å². The van der Waals surface area contributed by atoms with E-state index in [9.17, 15) is 14.7 Å². The van der Waals surface area contributed by atoms with Crippen LogP contribution in [0.15, 0.2) is 30.3 Å². The number of aliphatic carboxylic acids is 1. The first kappa shape index (κ1) is 18.4. The molecule has 0 saturated carbocycles. The number of carboxylic acids is 1. The summed E-state index contributed by atoms with van der Waals surface area (Å²) < 4.78 is 10.7. The predicted octanol–water partition coefficient (Wildman–Crippen LogP) is 1.78. The summed E-state index contributed by atoms with van der Waals surface area (Å²) in [5.41, 5.74) is 0.0434. The molecule has 6 heteroatoms. The number of carbonyl (C=O) groups is 2. The van der Waals surface area contributed by atoms with Crippen molar-refractivity contribution >= 4 is 11.9 Å². The zero-order valence-corrected chi connectivity index (χ0v) is 13.8. The van der Waals surface area contributed by atoms with Crippen LogP contribution in [0.3, 0.4) is 0 Å². The number of amides is 1. The van der Waals surface area contributed by atoms with Crippen molar-refractivity contribution in [2.24, 2.45) is 0 Å². The van der Waals surface area contributed by atoms with Gasteiger partial charge in [0.15, 0.2) is 0 Å². The van der Waals surface area contributed by atoms with Gasteiger partial charge in [0.1, 0.15) is 5.54 Å². The molecule has 6 nitrogen and oxygen atoms in total. The number of hydrogen-bond acceptors (Lipinski definition) is 4. The van der Waals surface area contributed by atoms with Gasteiger partial charge in [0.25, 0.3) is 0 Å². The molecule has 0 atom stereocenters. The van der Waals surface area contributed by atoms with Gasteiger partial charge in [-0.25, -0.2) is 4.79 Å². The number of carboxylic acid groups (broad SMARTS) is 1. The van der Waals surface area contributed by atoms with E-state index in [1.165, 1.54) is 5.56 Å². The Balaban J connectivity index is 1.61. The highest BCUT2D eigenvalue weighted by Gasteiger charge is 2.41. The quantitative estimate of drug-likeness (QED) is 0.672. The normalized spacial score (nSPS) is 16.5. The van der Waals surface area contributed by atoms with Crippen LogP contribution in [0.4, 0.5) is 0 Å². The Morgan fingerprint density at radius 3 is 2.54 bits per heavy atom. The second-order valence-corrected chi connectivity index (χ2v) is 6.00. The molecule has 1 aliphatic rings. The average molecular weight is 335 g/mol. The Morgan fingerprint density at radius 2 is 1.88 bits per heavy atom. The smallest absolute Gasteiger partial charge is 0.329 e. The summed E-state index contributed by atoms with van der Waals surface area (Å²) in [5.74, 6) is -1.23. The fraction of sp³-hybridized carbons (Fsp3) is 0.556. The van der Waals surface area contributed by atoms with Crippen LogP contribution in [-0.4, -0.2) is 48.9 Å². The maximum atomic E-state index is 12.0. The first-order valence-electron chi connectivity index (χ1n) is 8.36. The molecule has 2 N–H and O–H groups in total. The lowest BCUT2D eigenvalue weighted by molar-refractivity contribution is -0.152. The first-order chi connectivity index (χ1) is 11.6. The van der Waals surface area contributed by atoms with Gasteiger partial charge in [-0.1, -0.05) is 30.3 Å². The lowest BCUT2D eigenvalue weighted by atomic mass is 9.90. The summed E-state index contributed by atoms with van der Waals surface area (Å²) in [6, 6.07) is 10.1. The standard InChI is InChI=1S/C18H25NO5/c20-16(19-18(17(21)22)9-13-24-14-10-18)7-4-11-23-12-8-15-5-2-1-3-6-15/h1-3,5-6H,4,7-14H2,(H,19,20)(H,21,22). The van der Waals surface area contributed by atoms with Crippen molar-refractivity contribution in [2.75, 3.05) is 26.4 Å². The zero-order valence-electron chi connectivity index (χ0n) is 13.8. The Hall–Kier alpha value is -1.92. The molecule has 0 radical (unpaired) electrons. The van der Waals surface area contributed by atoms with Crippen LogP contribution >= 0.6 is 0 Å². The first-order valence-corrected chi connectivity index (χ1v) is 8.36. The molecule has 0 spiro atoms. The van der Waals surface area contributed by atoms with Crippen molar-refractivity contribution in [1.29, 1.82) is 0 Å². The summed E-state index contributed by atoms with van der Waals surface area (Å²) in [6.07, 6.45) is 2.30. The van der Waals surface area contributed by atoms with E-state index in [1.807, 2.05) is 18.2 Å². The van der Waals surface area contributed by atoms with Crippen molar-refractivity contribution < 1.29 is 24.2 Å². The monoisotopic (exact) mass is 335 g/mol. The minimum Gasteiger partial charge on any atom is -0.480 e. The van der Waals surface area contributed by atoms with Gasteiger partial charge in [0, 0.05) is 39.1 Å². The molecular weight excluding hydrogens is 310 g/mol. The summed E-state index contributed by atoms with van der Waals surface area (Å²) in [6.45, 7) is 1.82. The highest BCUT2D eigenvalue weighted by Crippen LogP contribution is 2.21. The summed E-state index contributed by atoms with van der Waals surface area (Å²) in [7, 11) is 0. The molecule has 1 aliphatic heterocycles. The van der Waals surface area contributed by atoms with Crippen LogP contribution in [0.5, 0.6) is 0 Å². The fourth-order valence-electron chi connectivity index (χ4n) is 2.71. The van der Waals surface area contributed by atoms with Crippen molar-refractivity contribution in [3.8, 4) is 0 Å². The molecule has 1 saturated heterocycles. The minimum absolute atomic E-state index is 0.244. The molecule has 0 aliphatic carbocycles. The molecule has 0 aromatic heterocycles. The molecule has 24 heavy (non-hydrogen) atoms. The predicted molar refractivity (Wildman–Crippen MR) is 88.8 cm³/mol. The van der Waals surface area contributed by atoms with Crippen molar-refractivity contribution in [3.05, 3.63) is 35.9 Å². The third-order valence-corrected chi connectivity index (χ3v) is 4.20. The molecule has 1 fully saturated rings.